The third kappa shape index (κ3) is 3.70. The van der Waals surface area contributed by atoms with Gasteiger partial charge in [0.1, 0.15) is 5.75 Å². The Hall–Kier alpha value is -2.09. The highest BCUT2D eigenvalue weighted by molar-refractivity contribution is 5.97. The molecule has 0 aliphatic heterocycles. The molecule has 2 aromatic rings. The van der Waals surface area contributed by atoms with Crippen LogP contribution in [0.5, 0.6) is 5.75 Å². The summed E-state index contributed by atoms with van der Waals surface area (Å²) in [6.45, 7) is 2.14. The Morgan fingerprint density at radius 3 is 2.55 bits per heavy atom. The minimum absolute atomic E-state index is 0.149. The van der Waals surface area contributed by atoms with Gasteiger partial charge >= 0.3 is 0 Å². The van der Waals surface area contributed by atoms with Gasteiger partial charge in [0, 0.05) is 12.0 Å². The number of carbonyl (C=O) groups is 1. The van der Waals surface area contributed by atoms with Crippen LogP contribution in [0.3, 0.4) is 0 Å². The van der Waals surface area contributed by atoms with E-state index in [0.717, 1.165) is 29.7 Å². The van der Waals surface area contributed by atoms with E-state index in [1.165, 1.54) is 5.56 Å². The quantitative estimate of drug-likeness (QED) is 0.738. The summed E-state index contributed by atoms with van der Waals surface area (Å²) in [7, 11) is 1.63. The zero-order valence-corrected chi connectivity index (χ0v) is 12.1. The molecule has 20 heavy (non-hydrogen) atoms. The Morgan fingerprint density at radius 1 is 1.05 bits per heavy atom. The first-order valence-corrected chi connectivity index (χ1v) is 6.98. The van der Waals surface area contributed by atoms with Gasteiger partial charge in [0.2, 0.25) is 0 Å². The molecule has 0 radical (unpaired) electrons. The van der Waals surface area contributed by atoms with Crippen LogP contribution >= 0.6 is 0 Å². The fourth-order valence-electron chi connectivity index (χ4n) is 2.26. The Kier molecular flexibility index (Phi) is 4.94. The molecule has 0 unspecified atom stereocenters. The predicted octanol–water partition coefficient (Wildman–Crippen LogP) is 4.07. The molecule has 2 nitrogen and oxygen atoms in total. The van der Waals surface area contributed by atoms with Gasteiger partial charge in [0.05, 0.1) is 7.11 Å². The molecule has 0 atom stereocenters. The van der Waals surface area contributed by atoms with E-state index in [0.29, 0.717) is 6.42 Å². The van der Waals surface area contributed by atoms with Gasteiger partial charge in [0.25, 0.3) is 0 Å². The minimum Gasteiger partial charge on any atom is -0.497 e. The van der Waals surface area contributed by atoms with Crippen molar-refractivity contribution in [1.29, 1.82) is 0 Å². The number of hydrogen-bond donors (Lipinski definition) is 0. The highest BCUT2D eigenvalue weighted by Crippen LogP contribution is 2.16. The molecule has 104 valence electrons. The van der Waals surface area contributed by atoms with Crippen molar-refractivity contribution in [3.63, 3.8) is 0 Å². The second kappa shape index (κ2) is 6.90. The van der Waals surface area contributed by atoms with Gasteiger partial charge in [-0.15, -0.1) is 0 Å². The van der Waals surface area contributed by atoms with Crippen LogP contribution in [0, 0.1) is 0 Å². The summed E-state index contributed by atoms with van der Waals surface area (Å²) in [6, 6.07) is 15.6. The molecule has 2 rings (SSSR count). The predicted molar refractivity (Wildman–Crippen MR) is 81.5 cm³/mol. The number of methoxy groups -OCH3 is 1. The molecule has 2 heteroatoms. The first-order chi connectivity index (χ1) is 9.72. The molecule has 0 bridgehead atoms. The summed E-state index contributed by atoms with van der Waals surface area (Å²) < 4.78 is 5.18. The van der Waals surface area contributed by atoms with Gasteiger partial charge < -0.3 is 4.74 Å². The van der Waals surface area contributed by atoms with Crippen LogP contribution in [-0.4, -0.2) is 12.9 Å². The van der Waals surface area contributed by atoms with Crippen molar-refractivity contribution in [3.05, 3.63) is 65.2 Å². The molecule has 0 saturated carbocycles. The monoisotopic (exact) mass is 268 g/mol. The van der Waals surface area contributed by atoms with Crippen LogP contribution in [0.1, 0.15) is 34.8 Å². The van der Waals surface area contributed by atoms with E-state index in [2.05, 4.69) is 13.0 Å². The lowest BCUT2D eigenvalue weighted by molar-refractivity contribution is 0.0993. The summed E-state index contributed by atoms with van der Waals surface area (Å²) in [5.74, 6) is 0.936. The standard InChI is InChI=1S/C18H20O2/c1-3-6-14-7-4-9-16(11-14)18(19)13-15-8-5-10-17(12-15)20-2/h4-5,7-12H,3,6,13H2,1-2H3. The Balaban J connectivity index is 2.12. The van der Waals surface area contributed by atoms with Gasteiger partial charge in [-0.1, -0.05) is 43.7 Å². The van der Waals surface area contributed by atoms with E-state index in [-0.39, 0.29) is 5.78 Å². The zero-order valence-electron chi connectivity index (χ0n) is 12.1. The van der Waals surface area contributed by atoms with Crippen molar-refractivity contribution in [2.24, 2.45) is 0 Å². The molecule has 0 heterocycles. The van der Waals surface area contributed by atoms with Gasteiger partial charge in [-0.2, -0.15) is 0 Å². The van der Waals surface area contributed by atoms with Crippen molar-refractivity contribution in [2.45, 2.75) is 26.2 Å². The third-order valence-electron chi connectivity index (χ3n) is 3.29. The number of ether oxygens (including phenoxy) is 1. The average Bonchev–Trinajstić information content (AvgIpc) is 2.48. The maximum absolute atomic E-state index is 12.3. The highest BCUT2D eigenvalue weighted by atomic mass is 16.5. The van der Waals surface area contributed by atoms with Crippen molar-refractivity contribution >= 4 is 5.78 Å². The van der Waals surface area contributed by atoms with Crippen molar-refractivity contribution in [3.8, 4) is 5.75 Å². The van der Waals surface area contributed by atoms with Gasteiger partial charge in [0.15, 0.2) is 5.78 Å². The molecule has 2 aromatic carbocycles. The van der Waals surface area contributed by atoms with Crippen molar-refractivity contribution < 1.29 is 9.53 Å². The number of Topliss-reactive ketones (excluding diaryl/α,β-unsaturated/α-hetero) is 1. The Morgan fingerprint density at radius 2 is 1.80 bits per heavy atom. The second-order valence-corrected chi connectivity index (χ2v) is 4.90. The summed E-state index contributed by atoms with van der Waals surface area (Å²) in [6.07, 6.45) is 2.51. The minimum atomic E-state index is 0.149. The maximum Gasteiger partial charge on any atom is 0.167 e. The van der Waals surface area contributed by atoms with Crippen LogP contribution < -0.4 is 4.74 Å². The van der Waals surface area contributed by atoms with E-state index in [4.69, 9.17) is 4.74 Å². The SMILES string of the molecule is CCCc1cccc(C(=O)Cc2cccc(OC)c2)c1. The molecule has 0 N–H and O–H groups in total. The van der Waals surface area contributed by atoms with Crippen molar-refractivity contribution in [1.82, 2.24) is 0 Å². The summed E-state index contributed by atoms with van der Waals surface area (Å²) in [5.41, 5.74) is 3.00. The average molecular weight is 268 g/mol. The Labute approximate surface area is 120 Å². The molecule has 0 aliphatic rings. The fraction of sp³-hybridized carbons (Fsp3) is 0.278. The number of ketones is 1. The normalized spacial score (nSPS) is 10.3. The molecule has 0 aromatic heterocycles. The van der Waals surface area contributed by atoms with E-state index in [1.54, 1.807) is 7.11 Å². The molecule has 0 amide bonds. The fourth-order valence-corrected chi connectivity index (χ4v) is 2.26. The first kappa shape index (κ1) is 14.3. The molecular weight excluding hydrogens is 248 g/mol. The van der Waals surface area contributed by atoms with Crippen LogP contribution in [0.4, 0.5) is 0 Å². The largest absolute Gasteiger partial charge is 0.497 e. The van der Waals surface area contributed by atoms with E-state index >= 15 is 0 Å². The number of hydrogen-bond acceptors (Lipinski definition) is 2. The molecule has 0 fully saturated rings. The van der Waals surface area contributed by atoms with Crippen LogP contribution in [-0.2, 0) is 12.8 Å². The zero-order chi connectivity index (χ0) is 14.4. The second-order valence-electron chi connectivity index (χ2n) is 4.90. The van der Waals surface area contributed by atoms with Crippen LogP contribution in [0.15, 0.2) is 48.5 Å². The van der Waals surface area contributed by atoms with E-state index < -0.39 is 0 Å². The lowest BCUT2D eigenvalue weighted by Crippen LogP contribution is -2.04. The number of aryl methyl sites for hydroxylation is 1. The summed E-state index contributed by atoms with van der Waals surface area (Å²) in [5, 5.41) is 0. The number of rotatable bonds is 6. The summed E-state index contributed by atoms with van der Waals surface area (Å²) in [4.78, 5) is 12.3. The third-order valence-corrected chi connectivity index (χ3v) is 3.29. The Bertz CT molecular complexity index is 587. The number of benzene rings is 2. The van der Waals surface area contributed by atoms with Gasteiger partial charge in [-0.25, -0.2) is 0 Å². The van der Waals surface area contributed by atoms with Crippen LogP contribution in [0.2, 0.25) is 0 Å². The van der Waals surface area contributed by atoms with Crippen LogP contribution in [0.25, 0.3) is 0 Å². The molecule has 0 aliphatic carbocycles. The molecule has 0 saturated heterocycles. The first-order valence-electron chi connectivity index (χ1n) is 6.98. The number of carbonyl (C=O) groups excluding carboxylic acids is 1. The molecule has 0 spiro atoms. The lowest BCUT2D eigenvalue weighted by Gasteiger charge is -2.06. The summed E-state index contributed by atoms with van der Waals surface area (Å²) >= 11 is 0. The van der Waals surface area contributed by atoms with Gasteiger partial charge in [-0.3, -0.25) is 4.79 Å². The molecular formula is C18H20O2. The van der Waals surface area contributed by atoms with E-state index in [1.807, 2.05) is 42.5 Å². The maximum atomic E-state index is 12.3. The smallest absolute Gasteiger partial charge is 0.167 e. The van der Waals surface area contributed by atoms with E-state index in [9.17, 15) is 4.79 Å². The van der Waals surface area contributed by atoms with Crippen molar-refractivity contribution in [2.75, 3.05) is 7.11 Å². The highest BCUT2D eigenvalue weighted by Gasteiger charge is 2.08. The topological polar surface area (TPSA) is 26.3 Å². The lowest BCUT2D eigenvalue weighted by atomic mass is 10.00. The van der Waals surface area contributed by atoms with Gasteiger partial charge in [-0.05, 0) is 35.7 Å².